The second kappa shape index (κ2) is 8.37. The molecule has 0 spiro atoms. The maximum Gasteiger partial charge on any atom is 0.337 e. The molecule has 0 aromatic heterocycles. The van der Waals surface area contributed by atoms with Crippen molar-refractivity contribution < 1.29 is 27.5 Å². The molecule has 3 rings (SSSR count). The van der Waals surface area contributed by atoms with Crippen LogP contribution in [0.4, 0.5) is 0 Å². The number of nitrogens with zero attached hydrogens (tertiary/aromatic N) is 2. The smallest absolute Gasteiger partial charge is 0.337 e. The molecule has 2 heterocycles. The fourth-order valence-corrected chi connectivity index (χ4v) is 4.96. The molecule has 1 aromatic rings. The Morgan fingerprint density at radius 3 is 2.41 bits per heavy atom. The second-order valence-electron chi connectivity index (χ2n) is 6.66. The van der Waals surface area contributed by atoms with Gasteiger partial charge in [0.2, 0.25) is 15.9 Å². The predicted octanol–water partition coefficient (Wildman–Crippen LogP) is 0.733. The van der Waals surface area contributed by atoms with E-state index in [-0.39, 0.29) is 28.8 Å². The van der Waals surface area contributed by atoms with Gasteiger partial charge in [0.05, 0.1) is 36.7 Å². The zero-order valence-electron chi connectivity index (χ0n) is 15.3. The van der Waals surface area contributed by atoms with Gasteiger partial charge in [0.1, 0.15) is 0 Å². The minimum atomic E-state index is -3.72. The summed E-state index contributed by atoms with van der Waals surface area (Å²) in [6.45, 7) is 2.71. The monoisotopic (exact) mass is 396 g/mol. The zero-order valence-corrected chi connectivity index (χ0v) is 16.1. The van der Waals surface area contributed by atoms with Crippen molar-refractivity contribution in [3.63, 3.8) is 0 Å². The highest BCUT2D eigenvalue weighted by Crippen LogP contribution is 2.25. The van der Waals surface area contributed by atoms with Crippen LogP contribution in [-0.4, -0.2) is 76.0 Å². The number of sulfonamides is 1. The normalized spacial score (nSPS) is 21.7. The Balaban J connectivity index is 1.72. The molecule has 0 bridgehead atoms. The number of hydrogen-bond acceptors (Lipinski definition) is 6. The molecular formula is C18H24N2O6S. The summed E-state index contributed by atoms with van der Waals surface area (Å²) >= 11 is 0. The first kappa shape index (κ1) is 19.8. The van der Waals surface area contributed by atoms with Crippen molar-refractivity contribution in [1.82, 2.24) is 9.21 Å². The number of piperidine rings is 1. The second-order valence-corrected chi connectivity index (χ2v) is 8.59. The quantitative estimate of drug-likeness (QED) is 0.697. The summed E-state index contributed by atoms with van der Waals surface area (Å²) in [5, 5.41) is 0. The van der Waals surface area contributed by atoms with E-state index in [4.69, 9.17) is 4.74 Å². The van der Waals surface area contributed by atoms with Gasteiger partial charge in [-0.1, -0.05) is 0 Å². The first-order valence-electron chi connectivity index (χ1n) is 8.98. The molecular weight excluding hydrogens is 372 g/mol. The first-order chi connectivity index (χ1) is 12.9. The van der Waals surface area contributed by atoms with Gasteiger partial charge in [-0.2, -0.15) is 4.31 Å². The maximum absolute atomic E-state index is 12.9. The van der Waals surface area contributed by atoms with E-state index >= 15 is 0 Å². The molecule has 0 aliphatic carbocycles. The van der Waals surface area contributed by atoms with E-state index in [0.29, 0.717) is 45.7 Å². The average molecular weight is 396 g/mol. The van der Waals surface area contributed by atoms with Gasteiger partial charge in [-0.25, -0.2) is 13.2 Å². The Morgan fingerprint density at radius 1 is 1.11 bits per heavy atom. The van der Waals surface area contributed by atoms with Crippen LogP contribution in [0.5, 0.6) is 0 Å². The molecule has 8 nitrogen and oxygen atoms in total. The van der Waals surface area contributed by atoms with Crippen LogP contribution in [0.15, 0.2) is 29.2 Å². The number of methoxy groups -OCH3 is 1. The Morgan fingerprint density at radius 2 is 1.78 bits per heavy atom. The molecule has 1 amide bonds. The lowest BCUT2D eigenvalue weighted by molar-refractivity contribution is -0.140. The number of esters is 1. The molecule has 1 unspecified atom stereocenters. The van der Waals surface area contributed by atoms with E-state index in [1.165, 1.54) is 35.7 Å². The SMILES string of the molecule is COC(=O)c1ccc(S(=O)(=O)N2CCCC(C(=O)N3CCOCC3)C2)cc1. The van der Waals surface area contributed by atoms with Gasteiger partial charge in [-0.15, -0.1) is 0 Å². The summed E-state index contributed by atoms with van der Waals surface area (Å²) in [7, 11) is -2.45. The average Bonchev–Trinajstić information content (AvgIpc) is 2.73. The summed E-state index contributed by atoms with van der Waals surface area (Å²) in [6.07, 6.45) is 1.32. The van der Waals surface area contributed by atoms with E-state index in [9.17, 15) is 18.0 Å². The van der Waals surface area contributed by atoms with Crippen molar-refractivity contribution in [3.8, 4) is 0 Å². The standard InChI is InChI=1S/C18H24N2O6S/c1-25-18(22)14-4-6-16(7-5-14)27(23,24)20-8-2-3-15(13-20)17(21)19-9-11-26-12-10-19/h4-7,15H,2-3,8-13H2,1H3. The van der Waals surface area contributed by atoms with Gasteiger partial charge in [-0.3, -0.25) is 4.79 Å². The van der Waals surface area contributed by atoms with E-state index in [2.05, 4.69) is 4.74 Å². The highest BCUT2D eigenvalue weighted by Gasteiger charge is 2.35. The molecule has 0 N–H and O–H groups in total. The van der Waals surface area contributed by atoms with Crippen molar-refractivity contribution in [3.05, 3.63) is 29.8 Å². The molecule has 0 radical (unpaired) electrons. The molecule has 1 atom stereocenters. The highest BCUT2D eigenvalue weighted by molar-refractivity contribution is 7.89. The van der Waals surface area contributed by atoms with Crippen LogP contribution in [0.2, 0.25) is 0 Å². The fourth-order valence-electron chi connectivity index (χ4n) is 3.43. The van der Waals surface area contributed by atoms with Crippen molar-refractivity contribution in [2.24, 2.45) is 5.92 Å². The molecule has 1 aromatic carbocycles. The summed E-state index contributed by atoms with van der Waals surface area (Å²) in [4.78, 5) is 26.1. The number of carbonyl (C=O) groups excluding carboxylic acids is 2. The molecule has 2 aliphatic heterocycles. The van der Waals surface area contributed by atoms with Crippen molar-refractivity contribution in [1.29, 1.82) is 0 Å². The third-order valence-corrected chi connectivity index (χ3v) is 6.85. The topological polar surface area (TPSA) is 93.2 Å². The van der Waals surface area contributed by atoms with Gasteiger partial charge in [-0.05, 0) is 37.1 Å². The van der Waals surface area contributed by atoms with E-state index < -0.39 is 16.0 Å². The van der Waals surface area contributed by atoms with Crippen molar-refractivity contribution in [2.45, 2.75) is 17.7 Å². The molecule has 27 heavy (non-hydrogen) atoms. The van der Waals surface area contributed by atoms with Crippen LogP contribution in [0, 0.1) is 5.92 Å². The third kappa shape index (κ3) is 4.31. The van der Waals surface area contributed by atoms with E-state index in [0.717, 1.165) is 0 Å². The third-order valence-electron chi connectivity index (χ3n) is 4.97. The van der Waals surface area contributed by atoms with Gasteiger partial charge >= 0.3 is 5.97 Å². The fraction of sp³-hybridized carbons (Fsp3) is 0.556. The number of carbonyl (C=O) groups is 2. The minimum Gasteiger partial charge on any atom is -0.465 e. The summed E-state index contributed by atoms with van der Waals surface area (Å²) in [6, 6.07) is 5.65. The van der Waals surface area contributed by atoms with Crippen molar-refractivity contribution in [2.75, 3.05) is 46.5 Å². The molecule has 2 fully saturated rings. The summed E-state index contributed by atoms with van der Waals surface area (Å²) in [5.41, 5.74) is 0.287. The molecule has 9 heteroatoms. The van der Waals surface area contributed by atoms with Gasteiger partial charge in [0.15, 0.2) is 0 Å². The van der Waals surface area contributed by atoms with Crippen LogP contribution in [0.1, 0.15) is 23.2 Å². The first-order valence-corrected chi connectivity index (χ1v) is 10.4. The Hall–Kier alpha value is -1.97. The number of ether oxygens (including phenoxy) is 2. The maximum atomic E-state index is 12.9. The van der Waals surface area contributed by atoms with Gasteiger partial charge in [0, 0.05) is 26.2 Å². The molecule has 148 valence electrons. The zero-order chi connectivity index (χ0) is 19.4. The highest BCUT2D eigenvalue weighted by atomic mass is 32.2. The Labute approximate surface area is 159 Å². The lowest BCUT2D eigenvalue weighted by Gasteiger charge is -2.35. The number of hydrogen-bond donors (Lipinski definition) is 0. The van der Waals surface area contributed by atoms with Crippen molar-refractivity contribution >= 4 is 21.9 Å². The molecule has 2 saturated heterocycles. The van der Waals surface area contributed by atoms with E-state index in [1.807, 2.05) is 0 Å². The Kier molecular flexibility index (Phi) is 6.13. The summed E-state index contributed by atoms with van der Waals surface area (Å²) in [5.74, 6) is -0.853. The van der Waals surface area contributed by atoms with Crippen LogP contribution < -0.4 is 0 Å². The van der Waals surface area contributed by atoms with E-state index in [1.54, 1.807) is 4.90 Å². The lowest BCUT2D eigenvalue weighted by Crippen LogP contribution is -2.49. The van der Waals surface area contributed by atoms with Gasteiger partial charge in [0.25, 0.3) is 0 Å². The number of rotatable bonds is 4. The van der Waals surface area contributed by atoms with Crippen LogP contribution in [0.25, 0.3) is 0 Å². The number of benzene rings is 1. The lowest BCUT2D eigenvalue weighted by atomic mass is 9.98. The minimum absolute atomic E-state index is 0.000704. The molecule has 0 saturated carbocycles. The van der Waals surface area contributed by atoms with Crippen LogP contribution in [-0.2, 0) is 24.3 Å². The van der Waals surface area contributed by atoms with Crippen LogP contribution >= 0.6 is 0 Å². The number of amides is 1. The summed E-state index contributed by atoms with van der Waals surface area (Å²) < 4.78 is 37.2. The van der Waals surface area contributed by atoms with Gasteiger partial charge < -0.3 is 14.4 Å². The largest absolute Gasteiger partial charge is 0.465 e. The predicted molar refractivity (Wildman–Crippen MR) is 96.7 cm³/mol. The molecule has 2 aliphatic rings. The van der Waals surface area contributed by atoms with Crippen LogP contribution in [0.3, 0.4) is 0 Å². The Bertz CT molecular complexity index is 787. The number of morpholine rings is 1.